The second-order valence-electron chi connectivity index (χ2n) is 6.59. The lowest BCUT2D eigenvalue weighted by molar-refractivity contribution is -0.137. The van der Waals surface area contributed by atoms with Gasteiger partial charge in [-0.25, -0.2) is 15.0 Å². The molecular weight excluding hydrogens is 408 g/mol. The van der Waals surface area contributed by atoms with Crippen LogP contribution in [0.3, 0.4) is 0 Å². The number of nitrogens with two attached hydrogens (primary N) is 1. The Balaban J connectivity index is 1.94. The number of fused-ring (bicyclic) bond motifs is 1. The SMILES string of the molecule is CCNC(=O)[C@H]1O[C@@H](n2cnc3c(N)nc(C#CC(OCC)OCC)nc32)[C@H](O)[C@@H]1O. The van der Waals surface area contributed by atoms with Crippen molar-refractivity contribution in [1.82, 2.24) is 24.8 Å². The van der Waals surface area contributed by atoms with Gasteiger partial charge < -0.3 is 35.5 Å². The molecule has 0 unspecified atom stereocenters. The van der Waals surface area contributed by atoms with Crippen LogP contribution in [0.2, 0.25) is 0 Å². The van der Waals surface area contributed by atoms with E-state index < -0.39 is 36.7 Å². The number of rotatable bonds is 7. The Kier molecular flexibility index (Phi) is 7.37. The molecule has 12 heteroatoms. The zero-order valence-electron chi connectivity index (χ0n) is 17.5. The second kappa shape index (κ2) is 9.99. The standard InChI is InChI=1S/C19H26N6O6/c1-4-21-18(28)15-13(26)14(27)19(31-15)25-9-22-12-16(20)23-10(24-17(12)25)7-8-11(29-5-2)30-6-3/h9,11,13-15,19,26-27H,4-6H2,1-3H3,(H,21,28)(H2,20,23,24)/t13-,14+,15-,19+/m0/s1. The maximum atomic E-state index is 12.1. The number of carbonyl (C=O) groups excluding carboxylic acids is 1. The number of hydrogen-bond donors (Lipinski definition) is 4. The normalized spacial score (nSPS) is 23.2. The fourth-order valence-corrected chi connectivity index (χ4v) is 3.12. The van der Waals surface area contributed by atoms with Gasteiger partial charge in [0.15, 0.2) is 23.8 Å². The topological polar surface area (TPSA) is 167 Å². The lowest BCUT2D eigenvalue weighted by atomic mass is 10.1. The minimum atomic E-state index is -1.43. The van der Waals surface area contributed by atoms with Crippen LogP contribution in [0.15, 0.2) is 6.33 Å². The van der Waals surface area contributed by atoms with Crippen molar-refractivity contribution in [3.8, 4) is 11.8 Å². The van der Waals surface area contributed by atoms with Crippen molar-refractivity contribution in [3.63, 3.8) is 0 Å². The number of hydrogen-bond acceptors (Lipinski definition) is 10. The number of likely N-dealkylation sites (N-methyl/N-ethyl adjacent to an activating group) is 1. The van der Waals surface area contributed by atoms with Gasteiger partial charge in [-0.15, -0.1) is 0 Å². The Hall–Kier alpha value is -2.82. The fourth-order valence-electron chi connectivity index (χ4n) is 3.12. The molecule has 1 saturated heterocycles. The Morgan fingerprint density at radius 2 is 2.00 bits per heavy atom. The molecule has 2 aromatic heterocycles. The molecule has 168 valence electrons. The lowest BCUT2D eigenvalue weighted by Gasteiger charge is -2.16. The van der Waals surface area contributed by atoms with Crippen LogP contribution in [0.25, 0.3) is 11.2 Å². The number of aromatic nitrogens is 4. The van der Waals surface area contributed by atoms with Crippen LogP contribution < -0.4 is 11.1 Å². The molecule has 5 N–H and O–H groups in total. The highest BCUT2D eigenvalue weighted by Crippen LogP contribution is 2.32. The van der Waals surface area contributed by atoms with Crippen LogP contribution in [0.4, 0.5) is 5.82 Å². The van der Waals surface area contributed by atoms with Gasteiger partial charge in [0.25, 0.3) is 5.91 Å². The highest BCUT2D eigenvalue weighted by Gasteiger charge is 2.47. The largest absolute Gasteiger partial charge is 0.387 e. The summed E-state index contributed by atoms with van der Waals surface area (Å²) in [7, 11) is 0. The molecule has 1 amide bonds. The third kappa shape index (κ3) is 4.76. The molecule has 2 aromatic rings. The summed E-state index contributed by atoms with van der Waals surface area (Å²) >= 11 is 0. The predicted molar refractivity (Wildman–Crippen MR) is 108 cm³/mol. The molecule has 3 heterocycles. The van der Waals surface area contributed by atoms with E-state index in [4.69, 9.17) is 19.9 Å². The first-order valence-electron chi connectivity index (χ1n) is 9.95. The lowest BCUT2D eigenvalue weighted by Crippen LogP contribution is -2.42. The number of ether oxygens (including phenoxy) is 3. The number of nitrogens with zero attached hydrogens (tertiary/aromatic N) is 4. The number of aliphatic hydroxyl groups excluding tert-OH is 2. The second-order valence-corrected chi connectivity index (χ2v) is 6.59. The highest BCUT2D eigenvalue weighted by molar-refractivity contribution is 5.83. The first-order valence-corrected chi connectivity index (χ1v) is 9.95. The first kappa shape index (κ1) is 22.9. The molecule has 0 saturated carbocycles. The number of aliphatic hydroxyl groups is 2. The first-order chi connectivity index (χ1) is 14.9. The summed E-state index contributed by atoms with van der Waals surface area (Å²) in [6, 6.07) is 0. The third-order valence-corrected chi connectivity index (χ3v) is 4.51. The summed E-state index contributed by atoms with van der Waals surface area (Å²) < 4.78 is 17.8. The number of nitrogens with one attached hydrogen (secondary N) is 1. The summed E-state index contributed by atoms with van der Waals surface area (Å²) in [5.41, 5.74) is 6.49. The van der Waals surface area contributed by atoms with Crippen molar-refractivity contribution in [2.45, 2.75) is 51.6 Å². The van der Waals surface area contributed by atoms with Crippen LogP contribution in [-0.2, 0) is 19.0 Å². The van der Waals surface area contributed by atoms with Crippen molar-refractivity contribution in [3.05, 3.63) is 12.2 Å². The molecule has 31 heavy (non-hydrogen) atoms. The Morgan fingerprint density at radius 1 is 1.29 bits per heavy atom. The average Bonchev–Trinajstić information content (AvgIpc) is 3.28. The van der Waals surface area contributed by atoms with Gasteiger partial charge >= 0.3 is 0 Å². The number of carbonyl (C=O) groups is 1. The molecule has 1 aliphatic heterocycles. The zero-order chi connectivity index (χ0) is 22.5. The van der Waals surface area contributed by atoms with E-state index in [0.29, 0.717) is 19.8 Å². The zero-order valence-corrected chi connectivity index (χ0v) is 17.5. The van der Waals surface area contributed by atoms with Gasteiger partial charge in [-0.3, -0.25) is 9.36 Å². The molecule has 1 fully saturated rings. The van der Waals surface area contributed by atoms with Crippen molar-refractivity contribution < 1.29 is 29.2 Å². The number of imidazole rings is 1. The molecule has 4 atom stereocenters. The van der Waals surface area contributed by atoms with E-state index in [1.165, 1.54) is 10.9 Å². The van der Waals surface area contributed by atoms with Crippen molar-refractivity contribution in [2.75, 3.05) is 25.5 Å². The number of anilines is 1. The molecule has 3 rings (SSSR count). The number of nitrogen functional groups attached to an aromatic ring is 1. The number of amides is 1. The van der Waals surface area contributed by atoms with E-state index in [-0.39, 0.29) is 22.8 Å². The van der Waals surface area contributed by atoms with E-state index in [1.807, 2.05) is 13.8 Å². The summed E-state index contributed by atoms with van der Waals surface area (Å²) in [5.74, 6) is 5.18. The summed E-state index contributed by atoms with van der Waals surface area (Å²) in [4.78, 5) is 24.8. The van der Waals surface area contributed by atoms with Gasteiger partial charge in [0.05, 0.1) is 6.33 Å². The van der Waals surface area contributed by atoms with E-state index in [9.17, 15) is 15.0 Å². The van der Waals surface area contributed by atoms with Crippen LogP contribution >= 0.6 is 0 Å². The smallest absolute Gasteiger partial charge is 0.252 e. The minimum Gasteiger partial charge on any atom is -0.387 e. The molecule has 0 spiro atoms. The summed E-state index contributed by atoms with van der Waals surface area (Å²) in [6.07, 6.45) is -4.57. The molecule has 1 aliphatic rings. The van der Waals surface area contributed by atoms with E-state index in [2.05, 4.69) is 32.1 Å². The van der Waals surface area contributed by atoms with E-state index in [1.54, 1.807) is 6.92 Å². The Bertz CT molecular complexity index is 979. The fraction of sp³-hybridized carbons (Fsp3) is 0.579. The maximum absolute atomic E-state index is 12.1. The van der Waals surface area contributed by atoms with E-state index >= 15 is 0 Å². The van der Waals surface area contributed by atoms with Gasteiger partial charge in [-0.2, -0.15) is 0 Å². The van der Waals surface area contributed by atoms with Gasteiger partial charge in [0, 0.05) is 19.8 Å². The highest BCUT2D eigenvalue weighted by atomic mass is 16.7. The third-order valence-electron chi connectivity index (χ3n) is 4.51. The minimum absolute atomic E-state index is 0.0748. The van der Waals surface area contributed by atoms with Gasteiger partial charge in [0.2, 0.25) is 12.1 Å². The average molecular weight is 434 g/mol. The monoisotopic (exact) mass is 434 g/mol. The van der Waals surface area contributed by atoms with Crippen LogP contribution in [-0.4, -0.2) is 80.0 Å². The Labute approximate surface area is 178 Å². The van der Waals surface area contributed by atoms with Crippen molar-refractivity contribution in [2.24, 2.45) is 0 Å². The van der Waals surface area contributed by atoms with Crippen molar-refractivity contribution >= 4 is 22.9 Å². The van der Waals surface area contributed by atoms with Gasteiger partial charge in [-0.1, -0.05) is 0 Å². The molecule has 0 aromatic carbocycles. The van der Waals surface area contributed by atoms with Crippen molar-refractivity contribution in [1.29, 1.82) is 0 Å². The van der Waals surface area contributed by atoms with Gasteiger partial charge in [0.1, 0.15) is 17.7 Å². The van der Waals surface area contributed by atoms with Crippen LogP contribution in [0, 0.1) is 11.8 Å². The molecular formula is C19H26N6O6. The molecule has 0 radical (unpaired) electrons. The molecule has 0 aliphatic carbocycles. The maximum Gasteiger partial charge on any atom is 0.252 e. The van der Waals surface area contributed by atoms with Crippen LogP contribution in [0.5, 0.6) is 0 Å². The Morgan fingerprint density at radius 3 is 2.65 bits per heavy atom. The van der Waals surface area contributed by atoms with Gasteiger partial charge in [-0.05, 0) is 32.6 Å². The van der Waals surface area contributed by atoms with E-state index in [0.717, 1.165) is 0 Å². The predicted octanol–water partition coefficient (Wildman–Crippen LogP) is -1.09. The summed E-state index contributed by atoms with van der Waals surface area (Å²) in [5, 5.41) is 23.3. The molecule has 12 nitrogen and oxygen atoms in total. The summed E-state index contributed by atoms with van der Waals surface area (Å²) in [6.45, 7) is 6.57. The quantitative estimate of drug-likeness (QED) is 0.311. The van der Waals surface area contributed by atoms with Crippen LogP contribution in [0.1, 0.15) is 32.8 Å². The molecule has 0 bridgehead atoms.